The predicted octanol–water partition coefficient (Wildman–Crippen LogP) is 3.73. The molecule has 5 N–H and O–H groups in total. The van der Waals surface area contributed by atoms with Gasteiger partial charge < -0.3 is 29.9 Å². The number of unbranched alkanes of at least 4 members (excludes halogenated alkanes) is 5. The number of nitrogen functional groups attached to an aromatic ring is 1. The molecule has 0 saturated carbocycles. The largest absolute Gasteiger partial charge is 0.465 e. The van der Waals surface area contributed by atoms with Gasteiger partial charge in [0, 0.05) is 0 Å². The standard InChI is InChI=1S/C29H42N5O8P/c1-4-5-6-7-8-12-17-39-26(35)21(2)33-43(38,42-22-13-10-9-11-14-22)41-18-28(3)27(36)29(37,19-40-28)24-16-15-23-25(30)31-20-32-34(23)24/h9-11,13-16,20-21,27,36-37H,4-8,12,17-19H2,1-3H3,(H,33,38)(H2,30,31,32)/t21-,27+,28+,29-,43?/m0/s1. The minimum Gasteiger partial charge on any atom is -0.465 e. The molecule has 1 unspecified atom stereocenters. The lowest BCUT2D eigenvalue weighted by atomic mass is 9.86. The molecular weight excluding hydrogens is 577 g/mol. The van der Waals surface area contributed by atoms with Crippen molar-refractivity contribution < 1.29 is 38.1 Å². The minimum atomic E-state index is -4.24. The number of aliphatic hydroxyl groups excluding tert-OH is 1. The van der Waals surface area contributed by atoms with Crippen LogP contribution in [0.2, 0.25) is 0 Å². The van der Waals surface area contributed by atoms with Gasteiger partial charge in [0.2, 0.25) is 0 Å². The number of anilines is 1. The van der Waals surface area contributed by atoms with E-state index in [2.05, 4.69) is 22.1 Å². The van der Waals surface area contributed by atoms with E-state index in [4.69, 9.17) is 24.3 Å². The number of carbonyl (C=O) groups is 1. The van der Waals surface area contributed by atoms with Gasteiger partial charge in [-0.2, -0.15) is 10.2 Å². The number of hydrogen-bond donors (Lipinski definition) is 4. The molecule has 2 aromatic heterocycles. The molecule has 1 saturated heterocycles. The lowest BCUT2D eigenvalue weighted by molar-refractivity contribution is -0.145. The molecule has 3 heterocycles. The second-order valence-corrected chi connectivity index (χ2v) is 12.7. The highest BCUT2D eigenvalue weighted by Gasteiger charge is 2.58. The Kier molecular flexibility index (Phi) is 10.8. The molecule has 0 aliphatic carbocycles. The first kappa shape index (κ1) is 32.8. The van der Waals surface area contributed by atoms with Gasteiger partial charge in [0.1, 0.15) is 35.3 Å². The van der Waals surface area contributed by atoms with Crippen molar-refractivity contribution in [3.05, 3.63) is 54.5 Å². The topological polar surface area (TPSA) is 180 Å². The van der Waals surface area contributed by atoms with Gasteiger partial charge in [-0.15, -0.1) is 0 Å². The number of esters is 1. The third-order valence-corrected chi connectivity index (χ3v) is 9.14. The highest BCUT2D eigenvalue weighted by atomic mass is 31.2. The van der Waals surface area contributed by atoms with Crippen LogP contribution in [-0.2, 0) is 29.0 Å². The summed E-state index contributed by atoms with van der Waals surface area (Å²) >= 11 is 0. The van der Waals surface area contributed by atoms with Crippen LogP contribution in [0.25, 0.3) is 5.52 Å². The van der Waals surface area contributed by atoms with Crippen LogP contribution >= 0.6 is 7.75 Å². The molecule has 236 valence electrons. The van der Waals surface area contributed by atoms with Crippen molar-refractivity contribution >= 4 is 25.1 Å². The number of hydrogen-bond acceptors (Lipinski definition) is 11. The third kappa shape index (κ3) is 7.72. The molecule has 0 radical (unpaired) electrons. The molecule has 14 heteroatoms. The van der Waals surface area contributed by atoms with E-state index in [1.54, 1.807) is 42.5 Å². The Balaban J connectivity index is 1.43. The molecule has 1 aliphatic heterocycles. The quantitative estimate of drug-likeness (QED) is 0.104. The lowest BCUT2D eigenvalue weighted by Gasteiger charge is -2.33. The van der Waals surface area contributed by atoms with Crippen molar-refractivity contribution in [3.63, 3.8) is 0 Å². The highest BCUT2D eigenvalue weighted by Crippen LogP contribution is 2.48. The molecule has 3 aromatic rings. The maximum absolute atomic E-state index is 14.0. The van der Waals surface area contributed by atoms with Crippen molar-refractivity contribution in [2.24, 2.45) is 0 Å². The monoisotopic (exact) mass is 619 g/mol. The van der Waals surface area contributed by atoms with Crippen LogP contribution in [0.1, 0.15) is 65.0 Å². The van der Waals surface area contributed by atoms with Crippen molar-refractivity contribution in [2.45, 2.75) is 82.6 Å². The maximum Gasteiger partial charge on any atom is 0.459 e. The fourth-order valence-electron chi connectivity index (χ4n) is 4.95. The number of nitrogens with zero attached hydrogens (tertiary/aromatic N) is 3. The zero-order valence-electron chi connectivity index (χ0n) is 24.8. The first-order valence-corrected chi connectivity index (χ1v) is 16.1. The Bertz CT molecular complexity index is 1410. The molecular formula is C29H42N5O8P. The lowest BCUT2D eigenvalue weighted by Crippen LogP contribution is -2.50. The van der Waals surface area contributed by atoms with Crippen molar-refractivity contribution in [1.82, 2.24) is 19.7 Å². The van der Waals surface area contributed by atoms with Crippen molar-refractivity contribution in [3.8, 4) is 5.75 Å². The average molecular weight is 620 g/mol. The van der Waals surface area contributed by atoms with Crippen LogP contribution in [0.4, 0.5) is 5.82 Å². The summed E-state index contributed by atoms with van der Waals surface area (Å²) in [5.74, 6) is -0.167. The van der Waals surface area contributed by atoms with Crippen LogP contribution in [0, 0.1) is 0 Å². The third-order valence-electron chi connectivity index (χ3n) is 7.52. The molecule has 43 heavy (non-hydrogen) atoms. The van der Waals surface area contributed by atoms with Gasteiger partial charge >= 0.3 is 13.7 Å². The summed E-state index contributed by atoms with van der Waals surface area (Å²) in [5, 5.41) is 29.7. The molecule has 0 bridgehead atoms. The van der Waals surface area contributed by atoms with E-state index in [1.807, 2.05) is 0 Å². The average Bonchev–Trinajstić information content (AvgIpc) is 3.53. The van der Waals surface area contributed by atoms with E-state index in [9.17, 15) is 19.6 Å². The SMILES string of the molecule is CCCCCCCCOC(=O)[C@H](C)NP(=O)(OC[C@@]1(C)OC[C@](O)(c2ccc3c(N)ncnn23)[C@@H]1O)Oc1ccccc1. The summed E-state index contributed by atoms with van der Waals surface area (Å²) in [6, 6.07) is 10.5. The Morgan fingerprint density at radius 1 is 1.21 bits per heavy atom. The number of aliphatic hydroxyl groups is 2. The number of nitrogens with two attached hydrogens (primary N) is 1. The first-order chi connectivity index (χ1) is 20.5. The van der Waals surface area contributed by atoms with Gasteiger partial charge in [0.15, 0.2) is 11.4 Å². The second-order valence-electron chi connectivity index (χ2n) is 11.1. The van der Waals surface area contributed by atoms with E-state index < -0.39 is 43.7 Å². The molecule has 0 spiro atoms. The number of fused-ring (bicyclic) bond motifs is 1. The van der Waals surface area contributed by atoms with Crippen molar-refractivity contribution in [1.29, 1.82) is 0 Å². The maximum atomic E-state index is 14.0. The summed E-state index contributed by atoms with van der Waals surface area (Å²) in [4.78, 5) is 16.6. The molecule has 1 aliphatic rings. The van der Waals surface area contributed by atoms with Gasteiger partial charge in [0.05, 0.1) is 25.5 Å². The smallest absolute Gasteiger partial charge is 0.459 e. The fraction of sp³-hybridized carbons (Fsp3) is 0.552. The normalized spacial score (nSPS) is 24.1. The second kappa shape index (κ2) is 14.1. The highest BCUT2D eigenvalue weighted by molar-refractivity contribution is 7.52. The van der Waals surface area contributed by atoms with E-state index in [0.717, 1.165) is 32.1 Å². The Morgan fingerprint density at radius 3 is 2.67 bits per heavy atom. The minimum absolute atomic E-state index is 0.203. The van der Waals surface area contributed by atoms with Crippen molar-refractivity contribution in [2.75, 3.05) is 25.6 Å². The molecule has 1 fully saturated rings. The number of carbonyl (C=O) groups excluding carboxylic acids is 1. The van der Waals surface area contributed by atoms with Gasteiger partial charge in [-0.3, -0.25) is 9.32 Å². The number of para-hydroxylation sites is 1. The molecule has 5 atom stereocenters. The summed E-state index contributed by atoms with van der Waals surface area (Å²) in [5.41, 5.74) is 3.17. The summed E-state index contributed by atoms with van der Waals surface area (Å²) < 4.78 is 38.1. The molecule has 13 nitrogen and oxygen atoms in total. The van der Waals surface area contributed by atoms with E-state index >= 15 is 0 Å². The molecule has 1 aromatic carbocycles. The van der Waals surface area contributed by atoms with Gasteiger partial charge in [-0.1, -0.05) is 57.2 Å². The van der Waals surface area contributed by atoms with Crippen LogP contribution < -0.4 is 15.3 Å². The zero-order valence-corrected chi connectivity index (χ0v) is 25.7. The van der Waals surface area contributed by atoms with Crippen LogP contribution in [-0.4, -0.2) is 68.3 Å². The van der Waals surface area contributed by atoms with Gasteiger partial charge in [-0.25, -0.2) is 14.1 Å². The number of nitrogens with one attached hydrogen (secondary N) is 1. The van der Waals surface area contributed by atoms with Crippen LogP contribution in [0.3, 0.4) is 0 Å². The molecule has 0 amide bonds. The van der Waals surface area contributed by atoms with Gasteiger partial charge in [-0.05, 0) is 44.5 Å². The summed E-state index contributed by atoms with van der Waals surface area (Å²) in [6.45, 7) is 4.64. The Labute approximate surface area is 251 Å². The van der Waals surface area contributed by atoms with E-state index in [1.165, 1.54) is 31.1 Å². The number of benzene rings is 1. The zero-order chi connectivity index (χ0) is 31.1. The first-order valence-electron chi connectivity index (χ1n) is 14.6. The Morgan fingerprint density at radius 2 is 1.93 bits per heavy atom. The molecule has 4 rings (SSSR count). The van der Waals surface area contributed by atoms with Crippen LogP contribution in [0.5, 0.6) is 5.75 Å². The number of rotatable bonds is 16. The van der Waals surface area contributed by atoms with Gasteiger partial charge in [0.25, 0.3) is 0 Å². The van der Waals surface area contributed by atoms with E-state index in [0.29, 0.717) is 5.52 Å². The fourth-order valence-corrected chi connectivity index (χ4v) is 6.53. The number of aromatic nitrogens is 3. The van der Waals surface area contributed by atoms with Crippen LogP contribution in [0.15, 0.2) is 48.8 Å². The Hall–Kier alpha value is -3.06. The number of ether oxygens (including phenoxy) is 2. The summed E-state index contributed by atoms with van der Waals surface area (Å²) in [6.07, 6.45) is 5.97. The summed E-state index contributed by atoms with van der Waals surface area (Å²) in [7, 11) is -4.24. The van der Waals surface area contributed by atoms with E-state index in [-0.39, 0.29) is 30.5 Å². The predicted molar refractivity (Wildman–Crippen MR) is 159 cm³/mol.